The molecular formula is C12H14ClIN2O. The molecule has 0 aliphatic carbocycles. The largest absolute Gasteiger partial charge is 0.348 e. The van der Waals surface area contributed by atoms with Crippen molar-refractivity contribution in [2.45, 2.75) is 18.9 Å². The Morgan fingerprint density at radius 3 is 3.00 bits per heavy atom. The van der Waals surface area contributed by atoms with Crippen molar-refractivity contribution in [3.8, 4) is 0 Å². The van der Waals surface area contributed by atoms with Crippen LogP contribution in [-0.4, -0.2) is 25.0 Å². The Labute approximate surface area is 119 Å². The minimum atomic E-state index is -0.0444. The Morgan fingerprint density at radius 1 is 1.53 bits per heavy atom. The van der Waals surface area contributed by atoms with Crippen LogP contribution in [0.15, 0.2) is 18.2 Å². The fourth-order valence-corrected chi connectivity index (χ4v) is 2.40. The number of nitrogens with one attached hydrogen (secondary N) is 2. The lowest BCUT2D eigenvalue weighted by molar-refractivity contribution is 0.0930. The maximum Gasteiger partial charge on any atom is 0.251 e. The highest BCUT2D eigenvalue weighted by atomic mass is 127. The van der Waals surface area contributed by atoms with E-state index in [1.54, 1.807) is 12.1 Å². The molecule has 1 fully saturated rings. The Balaban J connectivity index is 2.01. The molecule has 0 bridgehead atoms. The second kappa shape index (κ2) is 6.02. The highest BCUT2D eigenvalue weighted by Gasteiger charge is 2.16. The van der Waals surface area contributed by atoms with Crippen LogP contribution in [0.3, 0.4) is 0 Å². The number of carbonyl (C=O) groups is 1. The first kappa shape index (κ1) is 13.1. The van der Waals surface area contributed by atoms with Gasteiger partial charge in [0, 0.05) is 21.7 Å². The van der Waals surface area contributed by atoms with Crippen LogP contribution in [0.1, 0.15) is 23.2 Å². The molecule has 0 aromatic heterocycles. The lowest BCUT2D eigenvalue weighted by Gasteiger charge is -2.23. The van der Waals surface area contributed by atoms with Gasteiger partial charge < -0.3 is 10.6 Å². The van der Waals surface area contributed by atoms with Crippen LogP contribution in [0, 0.1) is 3.57 Å². The van der Waals surface area contributed by atoms with E-state index in [0.717, 1.165) is 29.5 Å². The molecule has 17 heavy (non-hydrogen) atoms. The first-order valence-electron chi connectivity index (χ1n) is 5.63. The number of amides is 1. The third-order valence-corrected chi connectivity index (χ3v) is 4.39. The Hall–Kier alpha value is -0.330. The van der Waals surface area contributed by atoms with Crippen LogP contribution in [0.25, 0.3) is 0 Å². The summed E-state index contributed by atoms with van der Waals surface area (Å²) in [5, 5.41) is 6.91. The number of halogens is 2. The van der Waals surface area contributed by atoms with E-state index in [1.807, 2.05) is 6.07 Å². The SMILES string of the molecule is O=C(N[C@@H]1CCCNC1)c1ccc(I)c(Cl)c1. The van der Waals surface area contributed by atoms with Crippen LogP contribution in [0.5, 0.6) is 0 Å². The second-order valence-corrected chi connectivity index (χ2v) is 5.72. The van der Waals surface area contributed by atoms with Gasteiger partial charge in [-0.25, -0.2) is 0 Å². The molecule has 1 heterocycles. The van der Waals surface area contributed by atoms with Gasteiger partial charge in [0.1, 0.15) is 0 Å². The van der Waals surface area contributed by atoms with Crippen LogP contribution in [0.2, 0.25) is 5.02 Å². The van der Waals surface area contributed by atoms with Gasteiger partial charge in [0.05, 0.1) is 5.02 Å². The molecule has 1 aliphatic heterocycles. The van der Waals surface area contributed by atoms with Gasteiger partial charge in [0.15, 0.2) is 0 Å². The number of hydrogen-bond acceptors (Lipinski definition) is 2. The van der Waals surface area contributed by atoms with Crippen molar-refractivity contribution in [1.82, 2.24) is 10.6 Å². The molecule has 92 valence electrons. The van der Waals surface area contributed by atoms with Crippen LogP contribution >= 0.6 is 34.2 Å². The molecule has 1 atom stereocenters. The molecule has 1 aromatic rings. The molecule has 5 heteroatoms. The highest BCUT2D eigenvalue weighted by molar-refractivity contribution is 14.1. The Bertz CT molecular complexity index is 419. The number of piperidine rings is 1. The van der Waals surface area contributed by atoms with E-state index in [4.69, 9.17) is 11.6 Å². The molecule has 0 spiro atoms. The maximum absolute atomic E-state index is 12.0. The summed E-state index contributed by atoms with van der Waals surface area (Å²) in [6.45, 7) is 1.89. The van der Waals surface area contributed by atoms with Crippen molar-refractivity contribution >= 4 is 40.1 Å². The highest BCUT2D eigenvalue weighted by Crippen LogP contribution is 2.19. The third kappa shape index (κ3) is 3.56. The van der Waals surface area contributed by atoms with Crippen molar-refractivity contribution in [2.75, 3.05) is 13.1 Å². The summed E-state index contributed by atoms with van der Waals surface area (Å²) >= 11 is 8.15. The van der Waals surface area contributed by atoms with Crippen molar-refractivity contribution in [3.63, 3.8) is 0 Å². The van der Waals surface area contributed by atoms with Crippen molar-refractivity contribution < 1.29 is 4.79 Å². The Morgan fingerprint density at radius 2 is 2.35 bits per heavy atom. The molecular weight excluding hydrogens is 351 g/mol. The van der Waals surface area contributed by atoms with E-state index in [0.29, 0.717) is 10.6 Å². The van der Waals surface area contributed by atoms with Crippen molar-refractivity contribution in [2.24, 2.45) is 0 Å². The standard InChI is InChI=1S/C12H14ClIN2O/c13-10-6-8(3-4-11(10)14)12(17)16-9-2-1-5-15-7-9/h3-4,6,9,15H,1-2,5,7H2,(H,16,17)/t9-/m1/s1. The summed E-state index contributed by atoms with van der Waals surface area (Å²) in [6, 6.07) is 5.61. The minimum absolute atomic E-state index is 0.0444. The number of rotatable bonds is 2. The first-order chi connectivity index (χ1) is 8.16. The van der Waals surface area contributed by atoms with Crippen LogP contribution < -0.4 is 10.6 Å². The molecule has 0 radical (unpaired) electrons. The van der Waals surface area contributed by atoms with E-state index in [1.165, 1.54) is 0 Å². The summed E-state index contributed by atoms with van der Waals surface area (Å²) in [4.78, 5) is 12.0. The minimum Gasteiger partial charge on any atom is -0.348 e. The average molecular weight is 365 g/mol. The second-order valence-electron chi connectivity index (χ2n) is 4.15. The zero-order chi connectivity index (χ0) is 12.3. The number of hydrogen-bond donors (Lipinski definition) is 2. The summed E-state index contributed by atoms with van der Waals surface area (Å²) in [6.07, 6.45) is 2.15. The average Bonchev–Trinajstić information content (AvgIpc) is 2.34. The van der Waals surface area contributed by atoms with Crippen LogP contribution in [-0.2, 0) is 0 Å². The summed E-state index contributed by atoms with van der Waals surface area (Å²) in [7, 11) is 0. The van der Waals surface area contributed by atoms with E-state index >= 15 is 0 Å². The predicted octanol–water partition coefficient (Wildman–Crippen LogP) is 2.43. The Kier molecular flexibility index (Phi) is 4.64. The molecule has 1 aromatic carbocycles. The summed E-state index contributed by atoms with van der Waals surface area (Å²) < 4.78 is 0.958. The van der Waals surface area contributed by atoms with E-state index < -0.39 is 0 Å². The normalized spacial score (nSPS) is 20.0. The number of benzene rings is 1. The quantitative estimate of drug-likeness (QED) is 0.792. The van der Waals surface area contributed by atoms with Gasteiger partial charge in [-0.2, -0.15) is 0 Å². The van der Waals surface area contributed by atoms with E-state index in [-0.39, 0.29) is 11.9 Å². The van der Waals surface area contributed by atoms with Gasteiger partial charge in [0.25, 0.3) is 5.91 Å². The lowest BCUT2D eigenvalue weighted by Crippen LogP contribution is -2.45. The van der Waals surface area contributed by atoms with Crippen molar-refractivity contribution in [3.05, 3.63) is 32.4 Å². The van der Waals surface area contributed by atoms with E-state index in [2.05, 4.69) is 33.2 Å². The fourth-order valence-electron chi connectivity index (χ4n) is 1.88. The molecule has 0 saturated carbocycles. The monoisotopic (exact) mass is 364 g/mol. The molecule has 1 aliphatic rings. The predicted molar refractivity (Wildman–Crippen MR) is 77.5 cm³/mol. The van der Waals surface area contributed by atoms with Crippen molar-refractivity contribution in [1.29, 1.82) is 0 Å². The van der Waals surface area contributed by atoms with Gasteiger partial charge in [-0.1, -0.05) is 11.6 Å². The van der Waals surface area contributed by atoms with Gasteiger partial charge >= 0.3 is 0 Å². The topological polar surface area (TPSA) is 41.1 Å². The maximum atomic E-state index is 12.0. The molecule has 0 unspecified atom stereocenters. The van der Waals surface area contributed by atoms with Crippen LogP contribution in [0.4, 0.5) is 0 Å². The van der Waals surface area contributed by atoms with Gasteiger partial charge in [-0.15, -0.1) is 0 Å². The van der Waals surface area contributed by atoms with Gasteiger partial charge in [-0.05, 0) is 60.2 Å². The zero-order valence-corrected chi connectivity index (χ0v) is 12.2. The lowest BCUT2D eigenvalue weighted by atomic mass is 10.1. The molecule has 2 rings (SSSR count). The molecule has 2 N–H and O–H groups in total. The van der Waals surface area contributed by atoms with Gasteiger partial charge in [-0.3, -0.25) is 4.79 Å². The smallest absolute Gasteiger partial charge is 0.251 e. The fraction of sp³-hybridized carbons (Fsp3) is 0.417. The van der Waals surface area contributed by atoms with Gasteiger partial charge in [0.2, 0.25) is 0 Å². The molecule has 1 saturated heterocycles. The summed E-state index contributed by atoms with van der Waals surface area (Å²) in [5.41, 5.74) is 0.626. The number of carbonyl (C=O) groups excluding carboxylic acids is 1. The third-order valence-electron chi connectivity index (χ3n) is 2.81. The molecule has 3 nitrogen and oxygen atoms in total. The van der Waals surface area contributed by atoms with E-state index in [9.17, 15) is 4.79 Å². The molecule has 1 amide bonds. The first-order valence-corrected chi connectivity index (χ1v) is 7.09. The zero-order valence-electron chi connectivity index (χ0n) is 9.30. The summed E-state index contributed by atoms with van der Waals surface area (Å²) in [5.74, 6) is -0.0444.